The molecule has 0 spiro atoms. The number of nitrogens with one attached hydrogen (secondary N) is 2. The Morgan fingerprint density at radius 2 is 1.52 bits per heavy atom. The van der Waals surface area contributed by atoms with Gasteiger partial charge >= 0.3 is 0 Å². The standard InChI is InChI=1S/C22H22N2O4S/c1-3-28-21-7-5-4-6-20(21)22(25)23-17-10-12-18(13-11-17)24-29(26,27)19-14-8-16(2)9-15-19/h4-15,24H,3H2,1-2H3,(H,23,25). The van der Waals surface area contributed by atoms with Crippen LogP contribution in [-0.2, 0) is 10.0 Å². The van der Waals surface area contributed by atoms with Crippen LogP contribution >= 0.6 is 0 Å². The summed E-state index contributed by atoms with van der Waals surface area (Å²) in [5.41, 5.74) is 2.35. The lowest BCUT2D eigenvalue weighted by atomic mass is 10.2. The first kappa shape index (κ1) is 20.4. The van der Waals surface area contributed by atoms with Crippen LogP contribution in [0.3, 0.4) is 0 Å². The number of hydrogen-bond donors (Lipinski definition) is 2. The van der Waals surface area contributed by atoms with Crippen LogP contribution in [-0.4, -0.2) is 20.9 Å². The molecule has 0 radical (unpaired) electrons. The molecule has 3 rings (SSSR count). The number of rotatable bonds is 7. The Morgan fingerprint density at radius 1 is 0.897 bits per heavy atom. The van der Waals surface area contributed by atoms with E-state index in [4.69, 9.17) is 4.74 Å². The molecule has 0 fully saturated rings. The predicted molar refractivity (Wildman–Crippen MR) is 114 cm³/mol. The van der Waals surface area contributed by atoms with E-state index in [1.807, 2.05) is 13.8 Å². The van der Waals surface area contributed by atoms with Gasteiger partial charge in [0.15, 0.2) is 0 Å². The second-order valence-corrected chi connectivity index (χ2v) is 8.06. The van der Waals surface area contributed by atoms with Crippen molar-refractivity contribution in [1.29, 1.82) is 0 Å². The third kappa shape index (κ3) is 5.14. The van der Waals surface area contributed by atoms with Crippen LogP contribution < -0.4 is 14.8 Å². The van der Waals surface area contributed by atoms with Crippen molar-refractivity contribution in [2.45, 2.75) is 18.7 Å². The van der Waals surface area contributed by atoms with Gasteiger partial charge in [-0.1, -0.05) is 29.8 Å². The summed E-state index contributed by atoms with van der Waals surface area (Å²) in [7, 11) is -3.67. The van der Waals surface area contributed by atoms with Gasteiger partial charge < -0.3 is 10.1 Å². The maximum Gasteiger partial charge on any atom is 0.261 e. The van der Waals surface area contributed by atoms with Crippen molar-refractivity contribution >= 4 is 27.3 Å². The van der Waals surface area contributed by atoms with Crippen molar-refractivity contribution in [3.63, 3.8) is 0 Å². The second kappa shape index (κ2) is 8.79. The summed E-state index contributed by atoms with van der Waals surface area (Å²) >= 11 is 0. The molecule has 0 heterocycles. The Balaban J connectivity index is 1.70. The van der Waals surface area contributed by atoms with Crippen LogP contribution in [0.1, 0.15) is 22.8 Å². The first-order valence-electron chi connectivity index (χ1n) is 9.12. The van der Waals surface area contributed by atoms with Gasteiger partial charge in [0, 0.05) is 11.4 Å². The van der Waals surface area contributed by atoms with Gasteiger partial charge in [0.2, 0.25) is 0 Å². The minimum atomic E-state index is -3.67. The fourth-order valence-electron chi connectivity index (χ4n) is 2.69. The molecule has 150 valence electrons. The number of aryl methyl sites for hydroxylation is 1. The van der Waals surface area contributed by atoms with Crippen LogP contribution in [0.4, 0.5) is 11.4 Å². The Morgan fingerprint density at radius 3 is 2.17 bits per heavy atom. The number of sulfonamides is 1. The highest BCUT2D eigenvalue weighted by atomic mass is 32.2. The highest BCUT2D eigenvalue weighted by Crippen LogP contribution is 2.22. The number of amides is 1. The number of ether oxygens (including phenoxy) is 1. The second-order valence-electron chi connectivity index (χ2n) is 6.38. The molecule has 3 aromatic carbocycles. The first-order chi connectivity index (χ1) is 13.9. The van der Waals surface area contributed by atoms with Gasteiger partial charge in [-0.15, -0.1) is 0 Å². The van der Waals surface area contributed by atoms with Crippen molar-refractivity contribution in [2.24, 2.45) is 0 Å². The number of para-hydroxylation sites is 1. The third-order valence-corrected chi connectivity index (χ3v) is 5.55. The van der Waals surface area contributed by atoms with E-state index >= 15 is 0 Å². The molecular weight excluding hydrogens is 388 g/mol. The quantitative estimate of drug-likeness (QED) is 0.603. The molecule has 0 bridgehead atoms. The highest BCUT2D eigenvalue weighted by molar-refractivity contribution is 7.92. The zero-order valence-corrected chi connectivity index (χ0v) is 17.0. The van der Waals surface area contributed by atoms with Crippen molar-refractivity contribution in [3.8, 4) is 5.75 Å². The average Bonchev–Trinajstić information content (AvgIpc) is 2.70. The first-order valence-corrected chi connectivity index (χ1v) is 10.6. The van der Waals surface area contributed by atoms with Gasteiger partial charge in [0.05, 0.1) is 17.1 Å². The Labute approximate surface area is 170 Å². The number of carbonyl (C=O) groups is 1. The smallest absolute Gasteiger partial charge is 0.261 e. The maximum absolute atomic E-state index is 12.5. The van der Waals surface area contributed by atoms with E-state index in [1.54, 1.807) is 72.8 Å². The summed E-state index contributed by atoms with van der Waals surface area (Å²) in [6.45, 7) is 4.20. The third-order valence-electron chi connectivity index (χ3n) is 4.16. The molecule has 0 aromatic heterocycles. The molecule has 1 amide bonds. The molecule has 7 heteroatoms. The molecule has 0 aliphatic carbocycles. The van der Waals surface area contributed by atoms with Crippen LogP contribution in [0.15, 0.2) is 77.7 Å². The molecular formula is C22H22N2O4S. The van der Waals surface area contributed by atoms with Crippen molar-refractivity contribution in [1.82, 2.24) is 0 Å². The predicted octanol–water partition coefficient (Wildman–Crippen LogP) is 4.45. The summed E-state index contributed by atoms with van der Waals surface area (Å²) in [6, 6.07) is 20.0. The summed E-state index contributed by atoms with van der Waals surface area (Å²) < 4.78 is 32.9. The largest absolute Gasteiger partial charge is 0.493 e. The van der Waals surface area contributed by atoms with E-state index in [1.165, 1.54) is 0 Å². The minimum Gasteiger partial charge on any atom is -0.493 e. The van der Waals surface area contributed by atoms with Gasteiger partial charge in [-0.05, 0) is 62.4 Å². The van der Waals surface area contributed by atoms with Gasteiger partial charge in [0.1, 0.15) is 5.75 Å². The molecule has 0 aliphatic rings. The minimum absolute atomic E-state index is 0.188. The van der Waals surface area contributed by atoms with Crippen molar-refractivity contribution in [2.75, 3.05) is 16.6 Å². The summed E-state index contributed by atoms with van der Waals surface area (Å²) in [5.74, 6) is 0.206. The molecule has 0 aliphatic heterocycles. The number of benzene rings is 3. The van der Waals surface area contributed by atoms with Crippen LogP contribution in [0.2, 0.25) is 0 Å². The lowest BCUT2D eigenvalue weighted by molar-refractivity contribution is 0.102. The molecule has 0 saturated heterocycles. The fraction of sp³-hybridized carbons (Fsp3) is 0.136. The van der Waals surface area contributed by atoms with E-state index in [9.17, 15) is 13.2 Å². The van der Waals surface area contributed by atoms with Crippen LogP contribution in [0, 0.1) is 6.92 Å². The summed E-state index contributed by atoms with van der Waals surface area (Å²) in [5, 5.41) is 2.79. The summed E-state index contributed by atoms with van der Waals surface area (Å²) in [4.78, 5) is 12.7. The van der Waals surface area contributed by atoms with E-state index in [0.29, 0.717) is 29.3 Å². The number of hydrogen-bond acceptors (Lipinski definition) is 4. The molecule has 3 aromatic rings. The van der Waals surface area contributed by atoms with Gasteiger partial charge in [-0.2, -0.15) is 0 Å². The van der Waals surface area contributed by atoms with Crippen LogP contribution in [0.25, 0.3) is 0 Å². The Kier molecular flexibility index (Phi) is 6.19. The SMILES string of the molecule is CCOc1ccccc1C(=O)Nc1ccc(NS(=O)(=O)c2ccc(C)cc2)cc1. The highest BCUT2D eigenvalue weighted by Gasteiger charge is 2.15. The van der Waals surface area contributed by atoms with E-state index in [0.717, 1.165) is 5.56 Å². The number of anilines is 2. The fourth-order valence-corrected chi connectivity index (χ4v) is 3.75. The monoisotopic (exact) mass is 410 g/mol. The van der Waals surface area contributed by atoms with E-state index < -0.39 is 10.0 Å². The van der Waals surface area contributed by atoms with Crippen LogP contribution in [0.5, 0.6) is 5.75 Å². The lowest BCUT2D eigenvalue weighted by Crippen LogP contribution is -2.14. The van der Waals surface area contributed by atoms with Gasteiger partial charge in [-0.3, -0.25) is 9.52 Å². The van der Waals surface area contributed by atoms with Gasteiger partial charge in [-0.25, -0.2) is 8.42 Å². The average molecular weight is 410 g/mol. The number of carbonyl (C=O) groups excluding carboxylic acids is 1. The molecule has 0 saturated carbocycles. The molecule has 0 atom stereocenters. The molecule has 6 nitrogen and oxygen atoms in total. The van der Waals surface area contributed by atoms with Crippen molar-refractivity contribution < 1.29 is 17.9 Å². The van der Waals surface area contributed by atoms with Gasteiger partial charge in [0.25, 0.3) is 15.9 Å². The maximum atomic E-state index is 12.5. The zero-order chi connectivity index (χ0) is 20.9. The Bertz CT molecular complexity index is 1090. The topological polar surface area (TPSA) is 84.5 Å². The summed E-state index contributed by atoms with van der Waals surface area (Å²) in [6.07, 6.45) is 0. The lowest BCUT2D eigenvalue weighted by Gasteiger charge is -2.12. The van der Waals surface area contributed by atoms with Crippen molar-refractivity contribution in [3.05, 3.63) is 83.9 Å². The normalized spacial score (nSPS) is 11.0. The Hall–Kier alpha value is -3.32. The van der Waals surface area contributed by atoms with E-state index in [-0.39, 0.29) is 10.8 Å². The van der Waals surface area contributed by atoms with E-state index in [2.05, 4.69) is 10.0 Å². The molecule has 29 heavy (non-hydrogen) atoms. The molecule has 2 N–H and O–H groups in total. The molecule has 0 unspecified atom stereocenters. The zero-order valence-electron chi connectivity index (χ0n) is 16.2.